The van der Waals surface area contributed by atoms with Gasteiger partial charge in [-0.25, -0.2) is 9.59 Å². The Bertz CT molecular complexity index is 448. The maximum absolute atomic E-state index is 12.5. The molecule has 2 aliphatic rings. The monoisotopic (exact) mass is 354 g/mol. The van der Waals surface area contributed by atoms with Crippen molar-refractivity contribution in [2.45, 2.75) is 46.1 Å². The van der Waals surface area contributed by atoms with Crippen molar-refractivity contribution in [2.75, 3.05) is 52.9 Å². The van der Waals surface area contributed by atoms with E-state index in [1.807, 2.05) is 4.90 Å². The number of hydrogen-bond donors (Lipinski definition) is 1. The van der Waals surface area contributed by atoms with Crippen molar-refractivity contribution in [3.63, 3.8) is 0 Å². The molecular weight excluding hydrogens is 320 g/mol. The first-order valence-electron chi connectivity index (χ1n) is 9.39. The Labute approximate surface area is 151 Å². The number of ether oxygens (including phenoxy) is 1. The first-order chi connectivity index (χ1) is 11.8. The average Bonchev–Trinajstić information content (AvgIpc) is 2.59. The Hall–Kier alpha value is -1.50. The Balaban J connectivity index is 1.67. The number of methoxy groups -OCH3 is 1. The summed E-state index contributed by atoms with van der Waals surface area (Å²) >= 11 is 0. The highest BCUT2D eigenvalue weighted by Gasteiger charge is 2.27. The minimum Gasteiger partial charge on any atom is -0.453 e. The van der Waals surface area contributed by atoms with Gasteiger partial charge in [0.1, 0.15) is 0 Å². The van der Waals surface area contributed by atoms with Crippen LogP contribution in [0, 0.1) is 5.41 Å². The fourth-order valence-electron chi connectivity index (χ4n) is 3.27. The molecule has 0 unspecified atom stereocenters. The molecule has 0 saturated carbocycles. The second-order valence-electron chi connectivity index (χ2n) is 8.32. The maximum atomic E-state index is 12.5. The fraction of sp³-hybridized carbons (Fsp3) is 0.889. The number of piperazine rings is 1. The van der Waals surface area contributed by atoms with Gasteiger partial charge in [-0.15, -0.1) is 0 Å². The van der Waals surface area contributed by atoms with Crippen molar-refractivity contribution in [3.8, 4) is 0 Å². The third kappa shape index (κ3) is 6.38. The summed E-state index contributed by atoms with van der Waals surface area (Å²) in [6.45, 7) is 12.6. The van der Waals surface area contributed by atoms with E-state index in [1.165, 1.54) is 13.5 Å². The van der Waals surface area contributed by atoms with E-state index in [0.717, 1.165) is 45.6 Å². The van der Waals surface area contributed by atoms with Crippen LogP contribution in [0.3, 0.4) is 0 Å². The number of likely N-dealkylation sites (tertiary alicyclic amines) is 1. The van der Waals surface area contributed by atoms with Crippen LogP contribution in [-0.2, 0) is 4.74 Å². The lowest BCUT2D eigenvalue weighted by atomic mass is 9.92. The highest BCUT2D eigenvalue weighted by Crippen LogP contribution is 2.19. The van der Waals surface area contributed by atoms with E-state index in [4.69, 9.17) is 4.74 Å². The van der Waals surface area contributed by atoms with Gasteiger partial charge in [0, 0.05) is 45.3 Å². The van der Waals surface area contributed by atoms with Gasteiger partial charge in [-0.2, -0.15) is 0 Å². The first kappa shape index (κ1) is 19.8. The average molecular weight is 354 g/mol. The van der Waals surface area contributed by atoms with Crippen LogP contribution in [0.4, 0.5) is 9.59 Å². The van der Waals surface area contributed by atoms with Gasteiger partial charge in [-0.3, -0.25) is 4.90 Å². The van der Waals surface area contributed by atoms with Crippen LogP contribution < -0.4 is 5.32 Å². The van der Waals surface area contributed by atoms with Gasteiger partial charge < -0.3 is 19.9 Å². The third-order valence-corrected chi connectivity index (χ3v) is 5.09. The van der Waals surface area contributed by atoms with Crippen molar-refractivity contribution in [1.82, 2.24) is 20.0 Å². The zero-order valence-electron chi connectivity index (χ0n) is 16.2. The van der Waals surface area contributed by atoms with Crippen molar-refractivity contribution in [2.24, 2.45) is 5.41 Å². The van der Waals surface area contributed by atoms with Crippen molar-refractivity contribution in [1.29, 1.82) is 0 Å². The van der Waals surface area contributed by atoms with Crippen molar-refractivity contribution in [3.05, 3.63) is 0 Å². The fourth-order valence-corrected chi connectivity index (χ4v) is 3.27. The lowest BCUT2D eigenvalue weighted by Gasteiger charge is -2.37. The molecule has 7 nitrogen and oxygen atoms in total. The zero-order chi connectivity index (χ0) is 18.4. The molecule has 7 heteroatoms. The second-order valence-corrected chi connectivity index (χ2v) is 8.32. The van der Waals surface area contributed by atoms with E-state index >= 15 is 0 Å². The van der Waals surface area contributed by atoms with Gasteiger partial charge in [0.2, 0.25) is 0 Å². The number of amides is 3. The van der Waals surface area contributed by atoms with E-state index in [9.17, 15) is 9.59 Å². The minimum atomic E-state index is -0.281. The number of nitrogens with one attached hydrogen (secondary N) is 1. The van der Waals surface area contributed by atoms with E-state index in [1.54, 1.807) is 4.90 Å². The van der Waals surface area contributed by atoms with E-state index in [0.29, 0.717) is 18.5 Å². The van der Waals surface area contributed by atoms with Gasteiger partial charge in [0.25, 0.3) is 0 Å². The predicted octanol–water partition coefficient (Wildman–Crippen LogP) is 1.98. The summed E-state index contributed by atoms with van der Waals surface area (Å²) in [6.07, 6.45) is 2.47. The smallest absolute Gasteiger partial charge is 0.409 e. The van der Waals surface area contributed by atoms with E-state index in [2.05, 4.69) is 31.0 Å². The molecule has 2 heterocycles. The Kier molecular flexibility index (Phi) is 6.93. The molecule has 2 aliphatic heterocycles. The highest BCUT2D eigenvalue weighted by molar-refractivity contribution is 5.74. The molecule has 3 amide bonds. The van der Waals surface area contributed by atoms with Crippen LogP contribution in [0.25, 0.3) is 0 Å². The topological polar surface area (TPSA) is 65.1 Å². The molecule has 0 bridgehead atoms. The summed E-state index contributed by atoms with van der Waals surface area (Å²) in [5, 5.41) is 3.13. The first-order valence-corrected chi connectivity index (χ1v) is 9.39. The molecule has 2 rings (SSSR count). The molecule has 0 atom stereocenters. The molecule has 0 radical (unpaired) electrons. The summed E-state index contributed by atoms with van der Waals surface area (Å²) < 4.78 is 4.74. The normalized spacial score (nSPS) is 20.5. The van der Waals surface area contributed by atoms with Crippen LogP contribution in [0.5, 0.6) is 0 Å². The predicted molar refractivity (Wildman–Crippen MR) is 97.6 cm³/mol. The molecule has 2 saturated heterocycles. The summed E-state index contributed by atoms with van der Waals surface area (Å²) in [4.78, 5) is 30.0. The number of piperidine rings is 1. The number of nitrogens with zero attached hydrogens (tertiary/aromatic N) is 3. The standard InChI is InChI=1S/C18H34N4O3/c1-18(2,3)7-10-20-11-13-21(14-12-20)16(23)19-15-5-8-22(9-6-15)17(24)25-4/h15H,5-14H2,1-4H3,(H,19,23). The third-order valence-electron chi connectivity index (χ3n) is 5.09. The van der Waals surface area contributed by atoms with Crippen LogP contribution in [-0.4, -0.2) is 85.8 Å². The Morgan fingerprint density at radius 2 is 1.60 bits per heavy atom. The molecular formula is C18H34N4O3. The van der Waals surface area contributed by atoms with E-state index in [-0.39, 0.29) is 18.2 Å². The Morgan fingerprint density at radius 3 is 2.12 bits per heavy atom. The molecule has 144 valence electrons. The van der Waals surface area contributed by atoms with Crippen LogP contribution in [0.15, 0.2) is 0 Å². The summed E-state index contributed by atoms with van der Waals surface area (Å²) in [6, 6.07) is 0.180. The molecule has 0 aromatic rings. The molecule has 0 aromatic carbocycles. The van der Waals surface area contributed by atoms with Gasteiger partial charge in [-0.05, 0) is 31.2 Å². The van der Waals surface area contributed by atoms with Crippen molar-refractivity contribution < 1.29 is 14.3 Å². The number of carbonyl (C=O) groups excluding carboxylic acids is 2. The molecule has 0 aliphatic carbocycles. The number of urea groups is 1. The second kappa shape index (κ2) is 8.74. The SMILES string of the molecule is COC(=O)N1CCC(NC(=O)N2CCN(CCC(C)(C)C)CC2)CC1. The molecule has 0 spiro atoms. The van der Waals surface area contributed by atoms with Gasteiger partial charge in [0.15, 0.2) is 0 Å². The maximum Gasteiger partial charge on any atom is 0.409 e. The van der Waals surface area contributed by atoms with Gasteiger partial charge in [-0.1, -0.05) is 20.8 Å². The minimum absolute atomic E-state index is 0.0342. The number of rotatable bonds is 3. The quantitative estimate of drug-likeness (QED) is 0.842. The lowest BCUT2D eigenvalue weighted by molar-refractivity contribution is 0.106. The van der Waals surface area contributed by atoms with Crippen molar-refractivity contribution >= 4 is 12.1 Å². The largest absolute Gasteiger partial charge is 0.453 e. The number of carbonyl (C=O) groups is 2. The zero-order valence-corrected chi connectivity index (χ0v) is 16.2. The number of hydrogen-bond acceptors (Lipinski definition) is 4. The van der Waals surface area contributed by atoms with Gasteiger partial charge in [0.05, 0.1) is 7.11 Å². The van der Waals surface area contributed by atoms with E-state index < -0.39 is 0 Å². The van der Waals surface area contributed by atoms with Crippen LogP contribution in [0.2, 0.25) is 0 Å². The molecule has 25 heavy (non-hydrogen) atoms. The molecule has 0 aromatic heterocycles. The summed E-state index contributed by atoms with van der Waals surface area (Å²) in [7, 11) is 1.40. The Morgan fingerprint density at radius 1 is 1.00 bits per heavy atom. The molecule has 2 fully saturated rings. The lowest BCUT2D eigenvalue weighted by Crippen LogP contribution is -2.55. The summed E-state index contributed by atoms with van der Waals surface area (Å²) in [5.74, 6) is 0. The summed E-state index contributed by atoms with van der Waals surface area (Å²) in [5.41, 5.74) is 0.355. The highest BCUT2D eigenvalue weighted by atomic mass is 16.5. The van der Waals surface area contributed by atoms with Crippen LogP contribution >= 0.6 is 0 Å². The van der Waals surface area contributed by atoms with Crippen LogP contribution in [0.1, 0.15) is 40.0 Å². The molecule has 1 N–H and O–H groups in total. The van der Waals surface area contributed by atoms with Gasteiger partial charge >= 0.3 is 12.1 Å².